The zero-order valence-corrected chi connectivity index (χ0v) is 14.0. The lowest BCUT2D eigenvalue weighted by molar-refractivity contribution is 0.146. The van der Waals surface area contributed by atoms with E-state index in [1.807, 2.05) is 48.5 Å². The van der Waals surface area contributed by atoms with Crippen molar-refractivity contribution in [3.63, 3.8) is 0 Å². The van der Waals surface area contributed by atoms with Gasteiger partial charge in [0, 0.05) is 13.2 Å². The van der Waals surface area contributed by atoms with Gasteiger partial charge in [0.15, 0.2) is 0 Å². The molecule has 0 amide bonds. The molecule has 2 aromatic rings. The summed E-state index contributed by atoms with van der Waals surface area (Å²) in [4.78, 5) is 0. The Labute approximate surface area is 138 Å². The van der Waals surface area contributed by atoms with Crippen LogP contribution < -0.4 is 13.0 Å². The van der Waals surface area contributed by atoms with Crippen LogP contribution in [0.3, 0.4) is 0 Å². The molecule has 21 heavy (non-hydrogen) atoms. The van der Waals surface area contributed by atoms with Gasteiger partial charge in [0.25, 0.3) is 0 Å². The summed E-state index contributed by atoms with van der Waals surface area (Å²) in [6, 6.07) is 15.8. The molecule has 0 fully saturated rings. The summed E-state index contributed by atoms with van der Waals surface area (Å²) < 4.78 is 19.5. The fraction of sp³-hybridized carbons (Fsp3) is 0.250. The third kappa shape index (κ3) is 5.09. The monoisotopic (exact) mass is 399 g/mol. The van der Waals surface area contributed by atoms with E-state index in [0.29, 0.717) is 19.8 Å². The highest BCUT2D eigenvalue weighted by Crippen LogP contribution is 2.31. The van der Waals surface area contributed by atoms with Crippen LogP contribution in [0.4, 0.5) is 5.69 Å². The standard InChI is InChI=1S/C16H18INO3/c1-19-9-10-20-14-7-8-16(15(11-14)18-17)21-12-13-5-3-2-4-6-13/h2-8,11,18H,9-10,12H2,1H3. The number of anilines is 1. The number of rotatable bonds is 8. The molecule has 0 saturated carbocycles. The van der Waals surface area contributed by atoms with Crippen molar-refractivity contribution in [2.45, 2.75) is 6.61 Å². The molecule has 0 radical (unpaired) electrons. The predicted molar refractivity (Wildman–Crippen MR) is 92.2 cm³/mol. The Kier molecular flexibility index (Phi) is 6.62. The molecule has 0 aliphatic heterocycles. The number of hydrogen-bond donors (Lipinski definition) is 1. The normalized spacial score (nSPS) is 10.2. The molecule has 0 saturated heterocycles. The predicted octanol–water partition coefficient (Wildman–Crippen LogP) is 4.05. The Bertz CT molecular complexity index is 548. The first kappa shape index (κ1) is 15.9. The van der Waals surface area contributed by atoms with Gasteiger partial charge in [-0.1, -0.05) is 30.3 Å². The molecule has 0 spiro atoms. The van der Waals surface area contributed by atoms with Gasteiger partial charge in [-0.25, -0.2) is 0 Å². The number of hydrogen-bond acceptors (Lipinski definition) is 4. The smallest absolute Gasteiger partial charge is 0.143 e. The van der Waals surface area contributed by atoms with Crippen LogP contribution in [0.5, 0.6) is 11.5 Å². The van der Waals surface area contributed by atoms with Gasteiger partial charge < -0.3 is 17.7 Å². The van der Waals surface area contributed by atoms with Gasteiger partial charge >= 0.3 is 0 Å². The van der Waals surface area contributed by atoms with E-state index in [1.54, 1.807) is 7.11 Å². The lowest BCUT2D eigenvalue weighted by atomic mass is 10.2. The first-order valence-electron chi connectivity index (χ1n) is 6.62. The maximum absolute atomic E-state index is 5.85. The van der Waals surface area contributed by atoms with Crippen LogP contribution in [-0.4, -0.2) is 20.3 Å². The summed E-state index contributed by atoms with van der Waals surface area (Å²) in [7, 11) is 1.65. The molecule has 0 unspecified atom stereocenters. The lowest BCUT2D eigenvalue weighted by Gasteiger charge is -2.13. The van der Waals surface area contributed by atoms with Crippen LogP contribution in [0.15, 0.2) is 48.5 Å². The van der Waals surface area contributed by atoms with E-state index in [4.69, 9.17) is 14.2 Å². The van der Waals surface area contributed by atoms with E-state index in [0.717, 1.165) is 22.7 Å². The first-order valence-corrected chi connectivity index (χ1v) is 7.70. The molecule has 1 N–H and O–H groups in total. The maximum atomic E-state index is 5.85. The summed E-state index contributed by atoms with van der Waals surface area (Å²) in [6.07, 6.45) is 0. The Morgan fingerprint density at radius 1 is 1.00 bits per heavy atom. The van der Waals surface area contributed by atoms with E-state index in [1.165, 1.54) is 0 Å². The Morgan fingerprint density at radius 3 is 2.52 bits per heavy atom. The van der Waals surface area contributed by atoms with Crippen LogP contribution >= 0.6 is 22.9 Å². The van der Waals surface area contributed by atoms with E-state index < -0.39 is 0 Å². The second-order valence-electron chi connectivity index (χ2n) is 4.37. The fourth-order valence-corrected chi connectivity index (χ4v) is 2.20. The lowest BCUT2D eigenvalue weighted by Crippen LogP contribution is -2.04. The van der Waals surface area contributed by atoms with Crippen molar-refractivity contribution in [1.29, 1.82) is 0 Å². The van der Waals surface area contributed by atoms with Crippen LogP contribution in [0, 0.1) is 0 Å². The molecule has 0 aliphatic rings. The van der Waals surface area contributed by atoms with E-state index >= 15 is 0 Å². The SMILES string of the molecule is COCCOc1ccc(OCc2ccccc2)c(NI)c1. The van der Waals surface area contributed by atoms with Crippen LogP contribution in [0.1, 0.15) is 5.56 Å². The van der Waals surface area contributed by atoms with Crippen molar-refractivity contribution in [1.82, 2.24) is 0 Å². The maximum Gasteiger partial charge on any atom is 0.143 e. The minimum absolute atomic E-state index is 0.529. The van der Waals surface area contributed by atoms with Crippen molar-refractivity contribution in [3.8, 4) is 11.5 Å². The zero-order chi connectivity index (χ0) is 14.9. The highest BCUT2D eigenvalue weighted by Gasteiger charge is 2.06. The highest BCUT2D eigenvalue weighted by molar-refractivity contribution is 14.1. The van der Waals surface area contributed by atoms with E-state index in [2.05, 4.69) is 26.4 Å². The fourth-order valence-electron chi connectivity index (χ4n) is 1.78. The molecule has 0 heterocycles. The number of nitrogens with one attached hydrogen (secondary N) is 1. The topological polar surface area (TPSA) is 39.7 Å². The van der Waals surface area contributed by atoms with Gasteiger partial charge in [0.05, 0.1) is 35.2 Å². The molecule has 0 bridgehead atoms. The Balaban J connectivity index is 1.99. The number of halogens is 1. The van der Waals surface area contributed by atoms with E-state index in [-0.39, 0.29) is 0 Å². The average Bonchev–Trinajstić information content (AvgIpc) is 2.54. The molecule has 2 rings (SSSR count). The summed E-state index contributed by atoms with van der Waals surface area (Å²) in [5.41, 5.74) is 2.03. The molecular weight excluding hydrogens is 381 g/mol. The van der Waals surface area contributed by atoms with Crippen LogP contribution in [-0.2, 0) is 11.3 Å². The first-order chi connectivity index (χ1) is 10.3. The van der Waals surface area contributed by atoms with Gasteiger partial charge in [0.2, 0.25) is 0 Å². The van der Waals surface area contributed by atoms with Crippen molar-refractivity contribution >= 4 is 28.6 Å². The van der Waals surface area contributed by atoms with Gasteiger partial charge in [0.1, 0.15) is 24.7 Å². The largest absolute Gasteiger partial charge is 0.491 e. The molecule has 0 aliphatic carbocycles. The van der Waals surface area contributed by atoms with Gasteiger partial charge in [-0.2, -0.15) is 0 Å². The quantitative estimate of drug-likeness (QED) is 0.413. The minimum Gasteiger partial charge on any atom is -0.491 e. The van der Waals surface area contributed by atoms with Crippen LogP contribution in [0.25, 0.3) is 0 Å². The van der Waals surface area contributed by atoms with Crippen molar-refractivity contribution in [2.24, 2.45) is 0 Å². The van der Waals surface area contributed by atoms with Gasteiger partial charge in [-0.05, 0) is 17.7 Å². The molecule has 4 nitrogen and oxygen atoms in total. The molecule has 2 aromatic carbocycles. The second kappa shape index (κ2) is 8.74. The number of benzene rings is 2. The average molecular weight is 399 g/mol. The second-order valence-corrected chi connectivity index (χ2v) is 4.91. The molecule has 0 aromatic heterocycles. The molecule has 0 atom stereocenters. The van der Waals surface area contributed by atoms with E-state index in [9.17, 15) is 0 Å². The highest BCUT2D eigenvalue weighted by atomic mass is 127. The van der Waals surface area contributed by atoms with Gasteiger partial charge in [-0.3, -0.25) is 0 Å². The van der Waals surface area contributed by atoms with Crippen LogP contribution in [0.2, 0.25) is 0 Å². The third-order valence-electron chi connectivity index (χ3n) is 2.85. The summed E-state index contributed by atoms with van der Waals surface area (Å²) >= 11 is 2.08. The van der Waals surface area contributed by atoms with Gasteiger partial charge in [-0.15, -0.1) is 0 Å². The third-order valence-corrected chi connectivity index (χ3v) is 3.43. The number of methoxy groups -OCH3 is 1. The van der Waals surface area contributed by atoms with Crippen molar-refractivity contribution < 1.29 is 14.2 Å². The van der Waals surface area contributed by atoms with Crippen molar-refractivity contribution in [2.75, 3.05) is 23.9 Å². The summed E-state index contributed by atoms with van der Waals surface area (Å²) in [5, 5.41) is 0. The number of ether oxygens (including phenoxy) is 3. The zero-order valence-electron chi connectivity index (χ0n) is 11.8. The molecular formula is C16H18INO3. The molecule has 5 heteroatoms. The Hall–Kier alpha value is -1.47. The minimum atomic E-state index is 0.529. The Morgan fingerprint density at radius 2 is 1.81 bits per heavy atom. The summed E-state index contributed by atoms with van der Waals surface area (Å²) in [6.45, 7) is 1.64. The summed E-state index contributed by atoms with van der Waals surface area (Å²) in [5.74, 6) is 1.59. The molecule has 112 valence electrons. The van der Waals surface area contributed by atoms with Crippen molar-refractivity contribution in [3.05, 3.63) is 54.1 Å².